The molecule has 0 spiro atoms. The number of hydrogen-bond acceptors (Lipinski definition) is 2. The zero-order valence-corrected chi connectivity index (χ0v) is 12.8. The van der Waals surface area contributed by atoms with Crippen LogP contribution in [0.2, 0.25) is 0 Å². The zero-order valence-electron chi connectivity index (χ0n) is 12.0. The summed E-state index contributed by atoms with van der Waals surface area (Å²) in [6, 6.07) is 1.57. The highest BCUT2D eigenvalue weighted by molar-refractivity contribution is 7.99. The highest BCUT2D eigenvalue weighted by atomic mass is 32.2. The number of hydrogen-bond donors (Lipinski definition) is 1. The number of nitrogens with one attached hydrogen (secondary N) is 1. The molecule has 1 nitrogen and oxygen atoms in total. The third kappa shape index (κ3) is 3.64. The molecule has 17 heavy (non-hydrogen) atoms. The van der Waals surface area contributed by atoms with E-state index in [1.807, 2.05) is 0 Å². The largest absolute Gasteiger partial charge is 0.311 e. The Labute approximate surface area is 112 Å². The van der Waals surface area contributed by atoms with Crippen molar-refractivity contribution in [2.45, 2.75) is 76.6 Å². The Morgan fingerprint density at radius 1 is 1.18 bits per heavy atom. The minimum Gasteiger partial charge on any atom is -0.311 e. The molecule has 2 fully saturated rings. The van der Waals surface area contributed by atoms with Crippen molar-refractivity contribution in [1.82, 2.24) is 5.32 Å². The van der Waals surface area contributed by atoms with E-state index in [0.717, 1.165) is 23.3 Å². The van der Waals surface area contributed by atoms with Crippen LogP contribution in [0.1, 0.15) is 59.3 Å². The van der Waals surface area contributed by atoms with E-state index in [1.165, 1.54) is 38.5 Å². The van der Waals surface area contributed by atoms with Crippen LogP contribution in [-0.2, 0) is 0 Å². The van der Waals surface area contributed by atoms with Gasteiger partial charge in [-0.05, 0) is 49.7 Å². The van der Waals surface area contributed by atoms with E-state index in [2.05, 4.69) is 44.1 Å². The van der Waals surface area contributed by atoms with Crippen LogP contribution in [-0.4, -0.2) is 23.6 Å². The molecular formula is C15H29NS. The second kappa shape index (κ2) is 5.52. The summed E-state index contributed by atoms with van der Waals surface area (Å²) < 4.78 is 0. The van der Waals surface area contributed by atoms with Gasteiger partial charge in [0.15, 0.2) is 0 Å². The van der Waals surface area contributed by atoms with Gasteiger partial charge in [-0.3, -0.25) is 0 Å². The molecule has 0 aromatic heterocycles. The molecule has 4 atom stereocenters. The van der Waals surface area contributed by atoms with Gasteiger partial charge >= 0.3 is 0 Å². The minimum atomic E-state index is 0.560. The summed E-state index contributed by atoms with van der Waals surface area (Å²) in [5, 5.41) is 4.88. The van der Waals surface area contributed by atoms with Gasteiger partial charge in [0, 0.05) is 17.3 Å². The smallest absolute Gasteiger partial charge is 0.0101 e. The van der Waals surface area contributed by atoms with Gasteiger partial charge in [-0.25, -0.2) is 0 Å². The molecule has 0 aromatic rings. The van der Waals surface area contributed by atoms with Gasteiger partial charge in [0.05, 0.1) is 0 Å². The van der Waals surface area contributed by atoms with Gasteiger partial charge in [0.25, 0.3) is 0 Å². The lowest BCUT2D eigenvalue weighted by atomic mass is 9.90. The molecule has 100 valence electrons. The molecular weight excluding hydrogens is 226 g/mol. The molecule has 0 aromatic carbocycles. The SMILES string of the molecule is CSC1CCCC(NC2CC(C)(C)CC2C)C1. The summed E-state index contributed by atoms with van der Waals surface area (Å²) in [5.74, 6) is 0.861. The van der Waals surface area contributed by atoms with Crippen molar-refractivity contribution >= 4 is 11.8 Å². The first kappa shape index (κ1) is 13.7. The molecule has 0 aliphatic heterocycles. The molecule has 2 aliphatic carbocycles. The van der Waals surface area contributed by atoms with Crippen molar-refractivity contribution in [3.05, 3.63) is 0 Å². The highest BCUT2D eigenvalue weighted by Gasteiger charge is 2.37. The first-order chi connectivity index (χ1) is 8.00. The quantitative estimate of drug-likeness (QED) is 0.815. The maximum atomic E-state index is 3.97. The van der Waals surface area contributed by atoms with E-state index >= 15 is 0 Å². The molecule has 0 radical (unpaired) electrons. The van der Waals surface area contributed by atoms with Crippen molar-refractivity contribution in [3.8, 4) is 0 Å². The van der Waals surface area contributed by atoms with Gasteiger partial charge < -0.3 is 5.32 Å². The van der Waals surface area contributed by atoms with Gasteiger partial charge in [-0.2, -0.15) is 11.8 Å². The third-order valence-corrected chi connectivity index (χ3v) is 5.84. The van der Waals surface area contributed by atoms with E-state index in [-0.39, 0.29) is 0 Å². The second-order valence-electron chi connectivity index (χ2n) is 7.04. The van der Waals surface area contributed by atoms with Crippen LogP contribution in [0.4, 0.5) is 0 Å². The molecule has 2 saturated carbocycles. The van der Waals surface area contributed by atoms with Crippen molar-refractivity contribution in [3.63, 3.8) is 0 Å². The molecule has 1 N–H and O–H groups in total. The van der Waals surface area contributed by atoms with Crippen molar-refractivity contribution < 1.29 is 0 Å². The lowest BCUT2D eigenvalue weighted by Crippen LogP contribution is -2.43. The fourth-order valence-electron chi connectivity index (χ4n) is 3.93. The summed E-state index contributed by atoms with van der Waals surface area (Å²) >= 11 is 2.07. The number of rotatable bonds is 3. The van der Waals surface area contributed by atoms with Crippen LogP contribution in [0.15, 0.2) is 0 Å². The first-order valence-electron chi connectivity index (χ1n) is 7.29. The van der Waals surface area contributed by atoms with Crippen molar-refractivity contribution in [1.29, 1.82) is 0 Å². The predicted octanol–water partition coefficient (Wildman–Crippen LogP) is 4.07. The Hall–Kier alpha value is 0.310. The lowest BCUT2D eigenvalue weighted by Gasteiger charge is -2.32. The van der Waals surface area contributed by atoms with E-state index in [0.29, 0.717) is 5.41 Å². The number of thioether (sulfide) groups is 1. The Kier molecular flexibility index (Phi) is 4.46. The fourth-order valence-corrected chi connectivity index (χ4v) is 4.76. The monoisotopic (exact) mass is 255 g/mol. The molecule has 2 aliphatic rings. The first-order valence-corrected chi connectivity index (χ1v) is 8.58. The molecule has 2 rings (SSSR count). The standard InChI is InChI=1S/C15H29NS/c1-11-9-15(2,3)10-14(11)16-12-6-5-7-13(8-12)17-4/h11-14,16H,5-10H2,1-4H3. The molecule has 4 unspecified atom stereocenters. The summed E-state index contributed by atoms with van der Waals surface area (Å²) in [6.07, 6.45) is 10.7. The summed E-state index contributed by atoms with van der Waals surface area (Å²) in [6.45, 7) is 7.29. The Morgan fingerprint density at radius 3 is 2.53 bits per heavy atom. The van der Waals surface area contributed by atoms with Crippen LogP contribution in [0, 0.1) is 11.3 Å². The Balaban J connectivity index is 1.84. The van der Waals surface area contributed by atoms with Crippen LogP contribution in [0.25, 0.3) is 0 Å². The average Bonchev–Trinajstić information content (AvgIpc) is 2.52. The lowest BCUT2D eigenvalue weighted by molar-refractivity contribution is 0.307. The molecule has 0 saturated heterocycles. The predicted molar refractivity (Wildman–Crippen MR) is 78.7 cm³/mol. The molecule has 2 heteroatoms. The van der Waals surface area contributed by atoms with Gasteiger partial charge in [0.2, 0.25) is 0 Å². The van der Waals surface area contributed by atoms with Crippen molar-refractivity contribution in [2.24, 2.45) is 11.3 Å². The maximum absolute atomic E-state index is 3.97. The van der Waals surface area contributed by atoms with Gasteiger partial charge in [-0.15, -0.1) is 0 Å². The summed E-state index contributed by atoms with van der Waals surface area (Å²) in [7, 11) is 0. The summed E-state index contributed by atoms with van der Waals surface area (Å²) in [5.41, 5.74) is 0.560. The third-order valence-electron chi connectivity index (χ3n) is 4.74. The summed E-state index contributed by atoms with van der Waals surface area (Å²) in [4.78, 5) is 0. The van der Waals surface area contributed by atoms with Crippen LogP contribution in [0.5, 0.6) is 0 Å². The molecule has 0 heterocycles. The van der Waals surface area contributed by atoms with Gasteiger partial charge in [-0.1, -0.05) is 27.2 Å². The van der Waals surface area contributed by atoms with E-state index < -0.39 is 0 Å². The average molecular weight is 255 g/mol. The second-order valence-corrected chi connectivity index (χ2v) is 8.18. The Bertz CT molecular complexity index is 251. The van der Waals surface area contributed by atoms with E-state index in [1.54, 1.807) is 0 Å². The van der Waals surface area contributed by atoms with Crippen LogP contribution >= 0.6 is 11.8 Å². The van der Waals surface area contributed by atoms with Crippen LogP contribution in [0.3, 0.4) is 0 Å². The van der Waals surface area contributed by atoms with Gasteiger partial charge in [0.1, 0.15) is 0 Å². The highest BCUT2D eigenvalue weighted by Crippen LogP contribution is 2.41. The topological polar surface area (TPSA) is 12.0 Å². The van der Waals surface area contributed by atoms with Crippen molar-refractivity contribution in [2.75, 3.05) is 6.26 Å². The fraction of sp³-hybridized carbons (Fsp3) is 1.00. The molecule has 0 bridgehead atoms. The van der Waals surface area contributed by atoms with E-state index in [4.69, 9.17) is 0 Å². The zero-order chi connectivity index (χ0) is 12.5. The normalized spacial score (nSPS) is 41.6. The minimum absolute atomic E-state index is 0.560. The van der Waals surface area contributed by atoms with Crippen LogP contribution < -0.4 is 5.32 Å². The maximum Gasteiger partial charge on any atom is 0.0101 e. The molecule has 0 amide bonds. The van der Waals surface area contributed by atoms with E-state index in [9.17, 15) is 0 Å². The Morgan fingerprint density at radius 2 is 1.94 bits per heavy atom.